The van der Waals surface area contributed by atoms with Crippen LogP contribution in [0, 0.1) is 28.6 Å². The van der Waals surface area contributed by atoms with E-state index in [1.54, 1.807) is 5.57 Å². The van der Waals surface area contributed by atoms with Crippen LogP contribution >= 0.6 is 0 Å². The molecule has 140 valence electrons. The van der Waals surface area contributed by atoms with Crippen molar-refractivity contribution in [2.24, 2.45) is 28.6 Å². The molecule has 3 saturated carbocycles. The second-order valence-electron chi connectivity index (χ2n) is 11.0. The predicted molar refractivity (Wildman–Crippen MR) is 105 cm³/mol. The molecule has 0 aromatic heterocycles. The van der Waals surface area contributed by atoms with Crippen LogP contribution in [-0.4, -0.2) is 20.2 Å². The first-order valence-electron chi connectivity index (χ1n) is 10.5. The first kappa shape index (κ1) is 18.0. The summed E-state index contributed by atoms with van der Waals surface area (Å²) in [6.45, 7) is 11.9. The van der Waals surface area contributed by atoms with E-state index in [1.807, 2.05) is 0 Å². The summed E-state index contributed by atoms with van der Waals surface area (Å²) in [5.41, 5.74) is 2.36. The molecule has 0 heterocycles. The van der Waals surface area contributed by atoms with Crippen LogP contribution in [0.15, 0.2) is 11.6 Å². The van der Waals surface area contributed by atoms with E-state index in [0.29, 0.717) is 28.6 Å². The lowest BCUT2D eigenvalue weighted by molar-refractivity contribution is -0.118. The summed E-state index contributed by atoms with van der Waals surface area (Å²) in [5.74, 6) is 2.71. The van der Waals surface area contributed by atoms with Crippen molar-refractivity contribution < 1.29 is 9.22 Å². The van der Waals surface area contributed by atoms with Gasteiger partial charge in [0.05, 0.1) is 0 Å². The standard InChI is InChI=1S/C22H36O2Si/c1-21-10-9-19-18(20(21)13-16(23)14-21)7-6-15-12-17(24-25(3,4)5)8-11-22(15,19)2/h6,17-20H,7-14H2,1-5H3. The van der Waals surface area contributed by atoms with Gasteiger partial charge in [-0.05, 0) is 86.7 Å². The number of fused-ring (bicyclic) bond motifs is 5. The van der Waals surface area contributed by atoms with Gasteiger partial charge in [-0.15, -0.1) is 0 Å². The minimum absolute atomic E-state index is 0.304. The van der Waals surface area contributed by atoms with Crippen LogP contribution in [0.25, 0.3) is 0 Å². The minimum atomic E-state index is -1.46. The third kappa shape index (κ3) is 2.99. The zero-order chi connectivity index (χ0) is 18.0. The first-order chi connectivity index (χ1) is 11.6. The topological polar surface area (TPSA) is 26.3 Å². The average Bonchev–Trinajstić information content (AvgIpc) is 2.80. The van der Waals surface area contributed by atoms with Gasteiger partial charge in [0, 0.05) is 18.9 Å². The Hall–Kier alpha value is -0.413. The quantitative estimate of drug-likeness (QED) is 0.464. The molecule has 0 aromatic rings. The molecule has 0 saturated heterocycles. The Morgan fingerprint density at radius 1 is 1.08 bits per heavy atom. The Morgan fingerprint density at radius 2 is 1.84 bits per heavy atom. The lowest BCUT2D eigenvalue weighted by atomic mass is 9.48. The van der Waals surface area contributed by atoms with Crippen LogP contribution in [-0.2, 0) is 9.22 Å². The molecule has 25 heavy (non-hydrogen) atoms. The van der Waals surface area contributed by atoms with E-state index >= 15 is 0 Å². The Balaban J connectivity index is 1.57. The molecule has 0 aromatic carbocycles. The van der Waals surface area contributed by atoms with Crippen molar-refractivity contribution in [3.63, 3.8) is 0 Å². The second-order valence-corrected chi connectivity index (χ2v) is 15.4. The van der Waals surface area contributed by atoms with Crippen molar-refractivity contribution in [1.82, 2.24) is 0 Å². The van der Waals surface area contributed by atoms with Gasteiger partial charge < -0.3 is 4.43 Å². The van der Waals surface area contributed by atoms with Crippen molar-refractivity contribution in [3.05, 3.63) is 11.6 Å². The molecule has 6 unspecified atom stereocenters. The maximum absolute atomic E-state index is 12.2. The molecule has 4 aliphatic carbocycles. The van der Waals surface area contributed by atoms with Gasteiger partial charge in [0.2, 0.25) is 0 Å². The number of carbonyl (C=O) groups is 1. The smallest absolute Gasteiger partial charge is 0.184 e. The van der Waals surface area contributed by atoms with Crippen LogP contribution in [0.5, 0.6) is 0 Å². The molecule has 4 rings (SSSR count). The highest BCUT2D eigenvalue weighted by Crippen LogP contribution is 2.64. The third-order valence-electron chi connectivity index (χ3n) is 8.15. The lowest BCUT2D eigenvalue weighted by Gasteiger charge is -2.57. The Bertz CT molecular complexity index is 604. The van der Waals surface area contributed by atoms with E-state index in [-0.39, 0.29) is 0 Å². The number of allylic oxidation sites excluding steroid dienone is 1. The van der Waals surface area contributed by atoms with E-state index in [2.05, 4.69) is 39.6 Å². The van der Waals surface area contributed by atoms with Crippen LogP contribution < -0.4 is 0 Å². The molecule has 3 fully saturated rings. The maximum atomic E-state index is 12.2. The normalized spacial score (nSPS) is 46.9. The highest BCUT2D eigenvalue weighted by atomic mass is 28.4. The Kier molecular flexibility index (Phi) is 4.16. The van der Waals surface area contributed by atoms with Gasteiger partial charge >= 0.3 is 0 Å². The zero-order valence-electron chi connectivity index (χ0n) is 16.9. The van der Waals surface area contributed by atoms with Gasteiger partial charge in [-0.3, -0.25) is 4.79 Å². The molecule has 0 spiro atoms. The fraction of sp³-hybridized carbons (Fsp3) is 0.864. The molecule has 0 amide bonds. The van der Waals surface area contributed by atoms with Crippen LogP contribution in [0.2, 0.25) is 19.6 Å². The highest BCUT2D eigenvalue weighted by molar-refractivity contribution is 6.69. The zero-order valence-corrected chi connectivity index (χ0v) is 17.9. The fourth-order valence-corrected chi connectivity index (χ4v) is 8.21. The molecular formula is C22H36O2Si. The summed E-state index contributed by atoms with van der Waals surface area (Å²) in [6.07, 6.45) is 12.2. The summed E-state index contributed by atoms with van der Waals surface area (Å²) < 4.78 is 6.46. The molecule has 4 aliphatic rings. The Morgan fingerprint density at radius 3 is 2.56 bits per heavy atom. The van der Waals surface area contributed by atoms with Gasteiger partial charge in [-0.25, -0.2) is 0 Å². The number of ketones is 1. The largest absolute Gasteiger partial charge is 0.414 e. The Labute approximate surface area is 154 Å². The van der Waals surface area contributed by atoms with Crippen LogP contribution in [0.1, 0.15) is 65.2 Å². The number of rotatable bonds is 2. The summed E-state index contributed by atoms with van der Waals surface area (Å²) >= 11 is 0. The average molecular weight is 361 g/mol. The van der Waals surface area contributed by atoms with Gasteiger partial charge in [0.25, 0.3) is 0 Å². The lowest BCUT2D eigenvalue weighted by Crippen LogP contribution is -2.50. The fourth-order valence-electron chi connectivity index (χ4n) is 7.01. The van der Waals surface area contributed by atoms with Crippen molar-refractivity contribution in [3.8, 4) is 0 Å². The number of carbonyl (C=O) groups excluding carboxylic acids is 1. The van der Waals surface area contributed by atoms with Crippen LogP contribution in [0.4, 0.5) is 0 Å². The summed E-state index contributed by atoms with van der Waals surface area (Å²) in [6, 6.07) is 0. The van der Waals surface area contributed by atoms with Crippen molar-refractivity contribution >= 4 is 14.1 Å². The van der Waals surface area contributed by atoms with Gasteiger partial charge in [0.15, 0.2) is 8.32 Å². The van der Waals surface area contributed by atoms with Crippen molar-refractivity contribution in [1.29, 1.82) is 0 Å². The van der Waals surface area contributed by atoms with Gasteiger partial charge in [0.1, 0.15) is 5.78 Å². The van der Waals surface area contributed by atoms with E-state index in [0.717, 1.165) is 31.1 Å². The number of hydrogen-bond donors (Lipinski definition) is 0. The maximum Gasteiger partial charge on any atom is 0.184 e. The van der Waals surface area contributed by atoms with E-state index in [1.165, 1.54) is 32.1 Å². The van der Waals surface area contributed by atoms with Crippen molar-refractivity contribution in [2.75, 3.05) is 0 Å². The summed E-state index contributed by atoms with van der Waals surface area (Å²) in [5, 5.41) is 0. The van der Waals surface area contributed by atoms with Crippen LogP contribution in [0.3, 0.4) is 0 Å². The second kappa shape index (κ2) is 5.79. The van der Waals surface area contributed by atoms with E-state index < -0.39 is 8.32 Å². The molecule has 0 radical (unpaired) electrons. The van der Waals surface area contributed by atoms with Gasteiger partial charge in [-0.2, -0.15) is 0 Å². The molecule has 3 heteroatoms. The summed E-state index contributed by atoms with van der Waals surface area (Å²) in [7, 11) is -1.46. The van der Waals surface area contributed by atoms with Gasteiger partial charge in [-0.1, -0.05) is 25.5 Å². The first-order valence-corrected chi connectivity index (χ1v) is 13.9. The molecule has 0 bridgehead atoms. The predicted octanol–water partition coefficient (Wildman–Crippen LogP) is 5.74. The molecule has 6 atom stereocenters. The molecular weight excluding hydrogens is 324 g/mol. The highest BCUT2D eigenvalue weighted by Gasteiger charge is 2.57. The minimum Gasteiger partial charge on any atom is -0.414 e. The number of hydrogen-bond acceptors (Lipinski definition) is 2. The van der Waals surface area contributed by atoms with E-state index in [9.17, 15) is 4.79 Å². The monoisotopic (exact) mass is 360 g/mol. The number of Topliss-reactive ketones (excluding diaryl/α,β-unsaturated/α-hetero) is 1. The molecule has 2 nitrogen and oxygen atoms in total. The summed E-state index contributed by atoms with van der Waals surface area (Å²) in [4.78, 5) is 12.2. The van der Waals surface area contributed by atoms with E-state index in [4.69, 9.17) is 4.43 Å². The molecule has 0 N–H and O–H groups in total. The molecule has 0 aliphatic heterocycles. The SMILES string of the molecule is CC12CCC3C(CC=C4CC(O[Si](C)(C)C)CCC43C)C1CC(=O)C2. The third-order valence-corrected chi connectivity index (χ3v) is 9.19. The van der Waals surface area contributed by atoms with Crippen molar-refractivity contribution in [2.45, 2.75) is 91.0 Å².